The van der Waals surface area contributed by atoms with Gasteiger partial charge >= 0.3 is 0 Å². The Kier molecular flexibility index (Phi) is 6.83. The predicted molar refractivity (Wildman–Crippen MR) is 79.6 cm³/mol. The molecule has 0 saturated carbocycles. The molecule has 1 unspecified atom stereocenters. The van der Waals surface area contributed by atoms with E-state index in [9.17, 15) is 0 Å². The van der Waals surface area contributed by atoms with Crippen LogP contribution in [0.2, 0.25) is 13.1 Å². The van der Waals surface area contributed by atoms with Crippen LogP contribution in [-0.2, 0) is 4.43 Å². The van der Waals surface area contributed by atoms with Crippen molar-refractivity contribution in [1.82, 2.24) is 0 Å². The molecule has 0 aromatic rings. The minimum absolute atomic E-state index is 0.185. The average molecular weight is 305 g/mol. The molecule has 0 aliphatic heterocycles. The predicted octanol–water partition coefficient (Wildman–Crippen LogP) is 4.83. The van der Waals surface area contributed by atoms with Gasteiger partial charge < -0.3 is 4.43 Å². The lowest BCUT2D eigenvalue weighted by molar-refractivity contribution is 0.123. The van der Waals surface area contributed by atoms with Crippen molar-refractivity contribution in [3.8, 4) is 0 Å². The van der Waals surface area contributed by atoms with Gasteiger partial charge in [-0.3, -0.25) is 0 Å². The van der Waals surface area contributed by atoms with Crippen LogP contribution in [0.4, 0.5) is 0 Å². The van der Waals surface area contributed by atoms with Crippen LogP contribution in [0.1, 0.15) is 33.6 Å². The number of hydrogen-bond donors (Lipinski definition) is 0. The van der Waals surface area contributed by atoms with Crippen LogP contribution in [0.15, 0.2) is 24.3 Å². The summed E-state index contributed by atoms with van der Waals surface area (Å²) >= 11 is 3.53. The third kappa shape index (κ3) is 6.66. The Morgan fingerprint density at radius 3 is 2.38 bits per heavy atom. The van der Waals surface area contributed by atoms with Crippen LogP contribution < -0.4 is 0 Å². The molecule has 0 heterocycles. The lowest BCUT2D eigenvalue weighted by Gasteiger charge is -2.34. The Labute approximate surface area is 110 Å². The fourth-order valence-corrected chi connectivity index (χ4v) is 3.35. The van der Waals surface area contributed by atoms with Crippen molar-refractivity contribution < 1.29 is 4.43 Å². The molecule has 0 bridgehead atoms. The van der Waals surface area contributed by atoms with E-state index in [2.05, 4.69) is 62.5 Å². The molecule has 0 aromatic carbocycles. The molecule has 0 N–H and O–H groups in total. The van der Waals surface area contributed by atoms with Gasteiger partial charge in [-0.05, 0) is 46.7 Å². The maximum atomic E-state index is 6.25. The number of allylic oxidation sites excluding steroid dienone is 2. The molecule has 0 amide bonds. The molecule has 0 aromatic heterocycles. The van der Waals surface area contributed by atoms with Crippen molar-refractivity contribution in [2.24, 2.45) is 0 Å². The number of rotatable bonds is 7. The zero-order valence-electron chi connectivity index (χ0n) is 11.3. The van der Waals surface area contributed by atoms with Gasteiger partial charge in [0, 0.05) is 4.95 Å². The highest BCUT2D eigenvalue weighted by Gasteiger charge is 2.31. The smallest absolute Gasteiger partial charge is 0.198 e. The minimum Gasteiger partial charge on any atom is -0.408 e. The first-order valence-electron chi connectivity index (χ1n) is 5.78. The summed E-state index contributed by atoms with van der Waals surface area (Å²) in [5.41, 5.74) is 1.18. The quantitative estimate of drug-likeness (QED) is 0.372. The van der Waals surface area contributed by atoms with Crippen molar-refractivity contribution in [3.63, 3.8) is 0 Å². The van der Waals surface area contributed by atoms with Gasteiger partial charge in [-0.25, -0.2) is 0 Å². The summed E-state index contributed by atoms with van der Waals surface area (Å²) in [5, 5.41) is 0. The summed E-state index contributed by atoms with van der Waals surface area (Å²) in [6.45, 7) is 14.8. The van der Waals surface area contributed by atoms with Crippen LogP contribution >= 0.6 is 15.9 Å². The SMILES string of the molecule is C=CC(C)(CCC=C(C)C)O[Si](C)(C)CBr. The van der Waals surface area contributed by atoms with Gasteiger partial charge in [0.05, 0.1) is 5.60 Å². The zero-order valence-corrected chi connectivity index (χ0v) is 13.9. The van der Waals surface area contributed by atoms with Gasteiger partial charge in [-0.1, -0.05) is 33.7 Å². The highest BCUT2D eigenvalue weighted by molar-refractivity contribution is 9.09. The Morgan fingerprint density at radius 1 is 1.44 bits per heavy atom. The van der Waals surface area contributed by atoms with Crippen LogP contribution in [0.5, 0.6) is 0 Å². The second kappa shape index (κ2) is 6.77. The number of alkyl halides is 1. The van der Waals surface area contributed by atoms with Crippen molar-refractivity contribution in [2.45, 2.75) is 52.3 Å². The normalized spacial score (nSPS) is 15.4. The lowest BCUT2D eigenvalue weighted by Crippen LogP contribution is -2.43. The molecule has 0 aliphatic rings. The van der Waals surface area contributed by atoms with E-state index in [-0.39, 0.29) is 5.60 Å². The van der Waals surface area contributed by atoms with Crippen LogP contribution in [-0.4, -0.2) is 18.9 Å². The molecule has 0 rings (SSSR count). The van der Waals surface area contributed by atoms with Crippen LogP contribution in [0, 0.1) is 0 Å². The Bertz CT molecular complexity index is 257. The zero-order chi connectivity index (χ0) is 12.8. The molecule has 0 spiro atoms. The fourth-order valence-electron chi connectivity index (χ4n) is 1.50. The van der Waals surface area contributed by atoms with Gasteiger partial charge in [0.2, 0.25) is 0 Å². The van der Waals surface area contributed by atoms with Crippen molar-refractivity contribution in [1.29, 1.82) is 0 Å². The molecule has 0 saturated heterocycles. The maximum Gasteiger partial charge on any atom is 0.198 e. The Morgan fingerprint density at radius 2 is 2.00 bits per heavy atom. The summed E-state index contributed by atoms with van der Waals surface area (Å²) in [5.74, 6) is 0. The largest absolute Gasteiger partial charge is 0.408 e. The third-order valence-corrected chi connectivity index (χ3v) is 8.17. The van der Waals surface area contributed by atoms with Crippen molar-refractivity contribution in [2.75, 3.05) is 4.95 Å². The molecule has 0 fully saturated rings. The van der Waals surface area contributed by atoms with Gasteiger partial charge in [0.15, 0.2) is 8.32 Å². The summed E-state index contributed by atoms with van der Waals surface area (Å²) < 4.78 is 6.25. The molecular formula is C13H25BrOSi. The summed E-state index contributed by atoms with van der Waals surface area (Å²) in [4.78, 5) is 0.964. The van der Waals surface area contributed by atoms with Gasteiger partial charge in [0.1, 0.15) is 0 Å². The van der Waals surface area contributed by atoms with E-state index in [0.29, 0.717) is 0 Å². The van der Waals surface area contributed by atoms with E-state index in [1.54, 1.807) is 0 Å². The lowest BCUT2D eigenvalue weighted by atomic mass is 10.00. The van der Waals surface area contributed by atoms with E-state index in [1.165, 1.54) is 5.57 Å². The van der Waals surface area contributed by atoms with Gasteiger partial charge in [-0.15, -0.1) is 6.58 Å². The molecule has 1 atom stereocenters. The number of halogens is 1. The van der Waals surface area contributed by atoms with E-state index >= 15 is 0 Å². The van der Waals surface area contributed by atoms with Gasteiger partial charge in [0.25, 0.3) is 0 Å². The first kappa shape index (κ1) is 16.1. The average Bonchev–Trinajstić information content (AvgIpc) is 2.16. The van der Waals surface area contributed by atoms with Crippen LogP contribution in [0.25, 0.3) is 0 Å². The fraction of sp³-hybridized carbons (Fsp3) is 0.692. The maximum absolute atomic E-state index is 6.25. The van der Waals surface area contributed by atoms with E-state index in [0.717, 1.165) is 17.8 Å². The Balaban J connectivity index is 4.43. The molecule has 0 aliphatic carbocycles. The summed E-state index contributed by atoms with van der Waals surface area (Å²) in [6.07, 6.45) is 6.26. The summed E-state index contributed by atoms with van der Waals surface area (Å²) in [7, 11) is -1.59. The molecule has 1 nitrogen and oxygen atoms in total. The molecule has 16 heavy (non-hydrogen) atoms. The van der Waals surface area contributed by atoms with Crippen LogP contribution in [0.3, 0.4) is 0 Å². The third-order valence-electron chi connectivity index (χ3n) is 2.46. The summed E-state index contributed by atoms with van der Waals surface area (Å²) in [6, 6.07) is 0. The monoisotopic (exact) mass is 304 g/mol. The minimum atomic E-state index is -1.59. The Hall–Kier alpha value is 0.137. The first-order valence-corrected chi connectivity index (χ1v) is 10.0. The molecule has 0 radical (unpaired) electrons. The van der Waals surface area contributed by atoms with E-state index in [1.807, 2.05) is 6.08 Å². The van der Waals surface area contributed by atoms with Crippen molar-refractivity contribution in [3.05, 3.63) is 24.3 Å². The van der Waals surface area contributed by atoms with Gasteiger partial charge in [-0.2, -0.15) is 0 Å². The highest BCUT2D eigenvalue weighted by Crippen LogP contribution is 2.25. The molecule has 3 heteroatoms. The molecule has 94 valence electrons. The molecular weight excluding hydrogens is 280 g/mol. The van der Waals surface area contributed by atoms with E-state index < -0.39 is 8.32 Å². The second-order valence-corrected chi connectivity index (χ2v) is 11.0. The topological polar surface area (TPSA) is 9.23 Å². The van der Waals surface area contributed by atoms with E-state index in [4.69, 9.17) is 4.43 Å². The standard InChI is InChI=1S/C13H25BrOSi/c1-7-13(4,10-8-9-12(2)3)15-16(5,6)11-14/h7,9H,1,8,10-11H2,2-6H3. The number of hydrogen-bond acceptors (Lipinski definition) is 1. The second-order valence-electron chi connectivity index (χ2n) is 5.33. The first-order chi connectivity index (χ1) is 7.24. The van der Waals surface area contributed by atoms with Crippen molar-refractivity contribution >= 4 is 24.2 Å². The highest BCUT2D eigenvalue weighted by atomic mass is 79.9.